The molecule has 3 rings (SSSR count). The van der Waals surface area contributed by atoms with Crippen molar-refractivity contribution in [2.75, 3.05) is 19.6 Å². The summed E-state index contributed by atoms with van der Waals surface area (Å²) in [5.41, 5.74) is 1.66. The Balaban J connectivity index is 1.85. The Bertz CT molecular complexity index is 782. The van der Waals surface area contributed by atoms with Crippen LogP contribution in [0, 0.1) is 5.41 Å². The van der Waals surface area contributed by atoms with E-state index >= 15 is 0 Å². The van der Waals surface area contributed by atoms with E-state index in [1.807, 2.05) is 42.5 Å². The monoisotopic (exact) mass is 344 g/mol. The first-order chi connectivity index (χ1) is 11.5. The van der Waals surface area contributed by atoms with E-state index in [1.165, 1.54) is 0 Å². The van der Waals surface area contributed by atoms with Gasteiger partial charge in [-0.25, -0.2) is 13.1 Å². The van der Waals surface area contributed by atoms with Crippen LogP contribution in [0.5, 0.6) is 0 Å². The quantitative estimate of drug-likeness (QED) is 0.876. The third kappa shape index (κ3) is 3.86. The lowest BCUT2D eigenvalue weighted by Gasteiger charge is -2.34. The Morgan fingerprint density at radius 2 is 1.62 bits per heavy atom. The minimum atomic E-state index is -3.55. The van der Waals surface area contributed by atoms with Gasteiger partial charge in [0.1, 0.15) is 0 Å². The molecule has 1 fully saturated rings. The highest BCUT2D eigenvalue weighted by Crippen LogP contribution is 2.30. The molecule has 2 N–H and O–H groups in total. The zero-order valence-corrected chi connectivity index (χ0v) is 14.8. The Labute approximate surface area is 144 Å². The van der Waals surface area contributed by atoms with Crippen LogP contribution < -0.4 is 10.0 Å². The van der Waals surface area contributed by atoms with Gasteiger partial charge in [0.15, 0.2) is 0 Å². The van der Waals surface area contributed by atoms with E-state index < -0.39 is 10.0 Å². The molecular weight excluding hydrogens is 320 g/mol. The Kier molecular flexibility index (Phi) is 5.04. The average Bonchev–Trinajstić information content (AvgIpc) is 2.62. The fourth-order valence-electron chi connectivity index (χ4n) is 3.11. The van der Waals surface area contributed by atoms with Gasteiger partial charge in [-0.3, -0.25) is 0 Å². The smallest absolute Gasteiger partial charge is 0.241 e. The minimum Gasteiger partial charge on any atom is -0.317 e. The van der Waals surface area contributed by atoms with Crippen molar-refractivity contribution in [1.82, 2.24) is 10.0 Å². The predicted molar refractivity (Wildman–Crippen MR) is 97.3 cm³/mol. The highest BCUT2D eigenvalue weighted by atomic mass is 32.2. The lowest BCUT2D eigenvalue weighted by molar-refractivity contribution is 0.232. The fraction of sp³-hybridized carbons (Fsp3) is 0.368. The number of sulfonamides is 1. The van der Waals surface area contributed by atoms with E-state index in [9.17, 15) is 8.42 Å². The molecule has 2 aromatic rings. The number of hydrogen-bond donors (Lipinski definition) is 2. The predicted octanol–water partition coefficient (Wildman–Crippen LogP) is 3.02. The SMILES string of the molecule is CC1(CNS(=O)(=O)c2ccccc2-c2ccccc2)CCNCC1. The van der Waals surface area contributed by atoms with E-state index in [2.05, 4.69) is 17.0 Å². The lowest BCUT2D eigenvalue weighted by atomic mass is 9.81. The molecule has 1 heterocycles. The molecule has 0 radical (unpaired) electrons. The van der Waals surface area contributed by atoms with Crippen LogP contribution in [0.2, 0.25) is 0 Å². The van der Waals surface area contributed by atoms with E-state index in [1.54, 1.807) is 12.1 Å². The molecule has 128 valence electrons. The van der Waals surface area contributed by atoms with Crippen molar-refractivity contribution in [3.8, 4) is 11.1 Å². The standard InChI is InChI=1S/C19H24N2O2S/c1-19(11-13-20-14-12-19)15-21-24(22,23)18-10-6-5-9-17(18)16-7-3-2-4-8-16/h2-10,20-21H,11-15H2,1H3. The summed E-state index contributed by atoms with van der Waals surface area (Å²) in [4.78, 5) is 0.341. The van der Waals surface area contributed by atoms with Gasteiger partial charge in [-0.1, -0.05) is 55.5 Å². The summed E-state index contributed by atoms with van der Waals surface area (Å²) in [6, 6.07) is 16.8. The first-order valence-corrected chi connectivity index (χ1v) is 9.83. The zero-order chi connectivity index (χ0) is 17.0. The molecule has 1 aliphatic rings. The second kappa shape index (κ2) is 7.05. The number of nitrogens with one attached hydrogen (secondary N) is 2. The summed E-state index contributed by atoms with van der Waals surface area (Å²) < 4.78 is 28.6. The van der Waals surface area contributed by atoms with Crippen molar-refractivity contribution in [3.63, 3.8) is 0 Å². The number of rotatable bonds is 5. The van der Waals surface area contributed by atoms with Crippen LogP contribution in [-0.4, -0.2) is 28.1 Å². The largest absolute Gasteiger partial charge is 0.317 e. The highest BCUT2D eigenvalue weighted by molar-refractivity contribution is 7.89. The first kappa shape index (κ1) is 17.1. The minimum absolute atomic E-state index is 0.0139. The van der Waals surface area contributed by atoms with Gasteiger partial charge in [-0.15, -0.1) is 0 Å². The summed E-state index contributed by atoms with van der Waals surface area (Å²) in [5, 5.41) is 3.32. The second-order valence-corrected chi connectivity index (χ2v) is 8.48. The third-order valence-corrected chi connectivity index (χ3v) is 6.22. The summed E-state index contributed by atoms with van der Waals surface area (Å²) in [5.74, 6) is 0. The van der Waals surface area contributed by atoms with Crippen LogP contribution in [-0.2, 0) is 10.0 Å². The molecule has 4 nitrogen and oxygen atoms in total. The third-order valence-electron chi connectivity index (χ3n) is 4.76. The Morgan fingerprint density at radius 1 is 1.00 bits per heavy atom. The summed E-state index contributed by atoms with van der Waals surface area (Å²) in [6.45, 7) is 4.51. The average molecular weight is 344 g/mol. The highest BCUT2D eigenvalue weighted by Gasteiger charge is 2.29. The van der Waals surface area contributed by atoms with Gasteiger partial charge in [-0.2, -0.15) is 0 Å². The molecule has 0 aromatic heterocycles. The van der Waals surface area contributed by atoms with Gasteiger partial charge < -0.3 is 5.32 Å². The van der Waals surface area contributed by atoms with Gasteiger partial charge >= 0.3 is 0 Å². The molecule has 0 spiro atoms. The number of benzene rings is 2. The molecule has 5 heteroatoms. The molecule has 0 aliphatic carbocycles. The molecule has 0 unspecified atom stereocenters. The Morgan fingerprint density at radius 3 is 2.33 bits per heavy atom. The fourth-order valence-corrected chi connectivity index (χ4v) is 4.54. The van der Waals surface area contributed by atoms with E-state index in [4.69, 9.17) is 0 Å². The Hall–Kier alpha value is -1.69. The van der Waals surface area contributed by atoms with Crippen molar-refractivity contribution >= 4 is 10.0 Å². The van der Waals surface area contributed by atoms with Gasteiger partial charge in [0.05, 0.1) is 4.90 Å². The van der Waals surface area contributed by atoms with Gasteiger partial charge in [0.2, 0.25) is 10.0 Å². The second-order valence-electron chi connectivity index (χ2n) is 6.75. The van der Waals surface area contributed by atoms with Gasteiger partial charge in [0, 0.05) is 12.1 Å². The van der Waals surface area contributed by atoms with Crippen molar-refractivity contribution < 1.29 is 8.42 Å². The van der Waals surface area contributed by atoms with E-state index in [-0.39, 0.29) is 5.41 Å². The van der Waals surface area contributed by atoms with Crippen molar-refractivity contribution in [3.05, 3.63) is 54.6 Å². The normalized spacial score (nSPS) is 17.5. The molecule has 0 atom stereocenters. The molecule has 0 amide bonds. The summed E-state index contributed by atoms with van der Waals surface area (Å²) >= 11 is 0. The van der Waals surface area contributed by atoms with Crippen molar-refractivity contribution in [1.29, 1.82) is 0 Å². The zero-order valence-electron chi connectivity index (χ0n) is 14.0. The summed E-state index contributed by atoms with van der Waals surface area (Å²) in [7, 11) is -3.55. The topological polar surface area (TPSA) is 58.2 Å². The van der Waals surface area contributed by atoms with Crippen molar-refractivity contribution in [2.24, 2.45) is 5.41 Å². The molecule has 2 aromatic carbocycles. The maximum absolute atomic E-state index is 12.9. The molecular formula is C19H24N2O2S. The van der Waals surface area contributed by atoms with Crippen LogP contribution >= 0.6 is 0 Å². The van der Waals surface area contributed by atoms with Crippen LogP contribution in [0.4, 0.5) is 0 Å². The van der Waals surface area contributed by atoms with E-state index in [0.717, 1.165) is 37.1 Å². The molecule has 1 aliphatic heterocycles. The lowest BCUT2D eigenvalue weighted by Crippen LogP contribution is -2.42. The van der Waals surface area contributed by atoms with Crippen LogP contribution in [0.15, 0.2) is 59.5 Å². The maximum atomic E-state index is 12.9. The van der Waals surface area contributed by atoms with Crippen LogP contribution in [0.3, 0.4) is 0 Å². The van der Waals surface area contributed by atoms with E-state index in [0.29, 0.717) is 11.4 Å². The molecule has 1 saturated heterocycles. The first-order valence-electron chi connectivity index (χ1n) is 8.35. The molecule has 0 bridgehead atoms. The molecule has 24 heavy (non-hydrogen) atoms. The number of piperidine rings is 1. The van der Waals surface area contributed by atoms with Crippen LogP contribution in [0.25, 0.3) is 11.1 Å². The molecule has 0 saturated carbocycles. The summed E-state index contributed by atoms with van der Waals surface area (Å²) in [6.07, 6.45) is 1.96. The van der Waals surface area contributed by atoms with Crippen molar-refractivity contribution in [2.45, 2.75) is 24.7 Å². The van der Waals surface area contributed by atoms with Gasteiger partial charge in [-0.05, 0) is 43.0 Å². The van der Waals surface area contributed by atoms with Crippen LogP contribution in [0.1, 0.15) is 19.8 Å². The number of hydrogen-bond acceptors (Lipinski definition) is 3. The maximum Gasteiger partial charge on any atom is 0.241 e. The van der Waals surface area contributed by atoms with Gasteiger partial charge in [0.25, 0.3) is 0 Å².